The molecule has 0 saturated carbocycles. The van der Waals surface area contributed by atoms with Gasteiger partial charge in [-0.15, -0.1) is 0 Å². The molecule has 100 valence electrons. The molecule has 0 heterocycles. The molecule has 7 heteroatoms. The quantitative estimate of drug-likeness (QED) is 0.748. The highest BCUT2D eigenvalue weighted by molar-refractivity contribution is 9.09. The number of hydrogen-bond acceptors (Lipinski definition) is 1. The van der Waals surface area contributed by atoms with E-state index in [1.807, 2.05) is 0 Å². The predicted molar refractivity (Wildman–Crippen MR) is 67.1 cm³/mol. The van der Waals surface area contributed by atoms with E-state index in [0.717, 1.165) is 17.0 Å². The lowest BCUT2D eigenvalue weighted by Gasteiger charge is -2.21. The number of hydrogen-bond donors (Lipinski definition) is 0. The second-order valence-electron chi connectivity index (χ2n) is 3.46. The fourth-order valence-electron chi connectivity index (χ4n) is 1.38. The summed E-state index contributed by atoms with van der Waals surface area (Å²) in [6, 6.07) is 3.23. The fraction of sp³-hybridized carbons (Fsp3) is 0.364. The first-order chi connectivity index (χ1) is 8.45. The van der Waals surface area contributed by atoms with Gasteiger partial charge < -0.3 is 4.90 Å². The largest absolute Gasteiger partial charge is 0.332 e. The first kappa shape index (κ1) is 15.3. The molecule has 0 spiro atoms. The molecule has 0 N–H and O–H groups in total. The van der Waals surface area contributed by atoms with Gasteiger partial charge >= 0.3 is 0 Å². The summed E-state index contributed by atoms with van der Waals surface area (Å²) in [6.45, 7) is -0.560. The Labute approximate surface area is 116 Å². The van der Waals surface area contributed by atoms with Gasteiger partial charge in [0.25, 0.3) is 12.3 Å². The lowest BCUT2D eigenvalue weighted by molar-refractivity contribution is 0.0572. The number of benzene rings is 1. The van der Waals surface area contributed by atoms with E-state index in [2.05, 4.69) is 15.9 Å². The van der Waals surface area contributed by atoms with Crippen LogP contribution in [0.2, 0.25) is 5.02 Å². The Balaban J connectivity index is 2.94. The molecule has 18 heavy (non-hydrogen) atoms. The Morgan fingerprint density at radius 3 is 2.61 bits per heavy atom. The molecule has 1 aromatic carbocycles. The van der Waals surface area contributed by atoms with Gasteiger partial charge in [-0.1, -0.05) is 27.5 Å². The average molecular weight is 345 g/mol. The van der Waals surface area contributed by atoms with Crippen LogP contribution in [0.5, 0.6) is 0 Å². The van der Waals surface area contributed by atoms with E-state index >= 15 is 0 Å². The highest BCUT2D eigenvalue weighted by Crippen LogP contribution is 2.19. The zero-order chi connectivity index (χ0) is 13.7. The average Bonchev–Trinajstić information content (AvgIpc) is 2.27. The number of nitrogens with zero attached hydrogens (tertiary/aromatic N) is 1. The van der Waals surface area contributed by atoms with Crippen LogP contribution >= 0.6 is 27.5 Å². The van der Waals surface area contributed by atoms with Crippen molar-refractivity contribution in [2.24, 2.45) is 0 Å². The highest BCUT2D eigenvalue weighted by Gasteiger charge is 2.21. The summed E-state index contributed by atoms with van der Waals surface area (Å²) >= 11 is 8.80. The Kier molecular flexibility index (Phi) is 5.95. The van der Waals surface area contributed by atoms with Crippen molar-refractivity contribution >= 4 is 33.4 Å². The molecule has 0 aliphatic carbocycles. The minimum absolute atomic E-state index is 0.0136. The number of amides is 1. The van der Waals surface area contributed by atoms with Crippen molar-refractivity contribution in [2.45, 2.75) is 6.43 Å². The van der Waals surface area contributed by atoms with Crippen LogP contribution in [0.1, 0.15) is 10.4 Å². The zero-order valence-electron chi connectivity index (χ0n) is 9.18. The van der Waals surface area contributed by atoms with Crippen LogP contribution in [0.15, 0.2) is 18.2 Å². The molecular weight excluding hydrogens is 334 g/mol. The first-order valence-electron chi connectivity index (χ1n) is 5.04. The van der Waals surface area contributed by atoms with Crippen molar-refractivity contribution in [3.05, 3.63) is 34.6 Å². The summed E-state index contributed by atoms with van der Waals surface area (Å²) in [5, 5.41) is 0.276. The summed E-state index contributed by atoms with van der Waals surface area (Å²) < 4.78 is 37.5. The fourth-order valence-corrected chi connectivity index (χ4v) is 2.05. The molecule has 0 atom stereocenters. The maximum absolute atomic E-state index is 12.8. The van der Waals surface area contributed by atoms with Gasteiger partial charge in [-0.05, 0) is 18.2 Å². The number of carbonyl (C=O) groups excluding carboxylic acids is 1. The Bertz CT molecular complexity index is 431. The summed E-state index contributed by atoms with van der Waals surface area (Å²) in [4.78, 5) is 12.9. The van der Waals surface area contributed by atoms with Gasteiger partial charge in [-0.25, -0.2) is 13.2 Å². The van der Waals surface area contributed by atoms with E-state index in [1.165, 1.54) is 6.07 Å². The summed E-state index contributed by atoms with van der Waals surface area (Å²) in [6.07, 6.45) is -2.63. The topological polar surface area (TPSA) is 20.3 Å². The smallest absolute Gasteiger partial charge is 0.255 e. The van der Waals surface area contributed by atoms with E-state index in [0.29, 0.717) is 5.33 Å². The van der Waals surface area contributed by atoms with Crippen molar-refractivity contribution < 1.29 is 18.0 Å². The van der Waals surface area contributed by atoms with Crippen molar-refractivity contribution in [2.75, 3.05) is 18.4 Å². The molecule has 2 nitrogen and oxygen atoms in total. The molecule has 1 aromatic rings. The van der Waals surface area contributed by atoms with E-state index < -0.39 is 24.7 Å². The zero-order valence-corrected chi connectivity index (χ0v) is 11.5. The molecule has 0 bridgehead atoms. The molecule has 0 aliphatic heterocycles. The van der Waals surface area contributed by atoms with Crippen LogP contribution in [0, 0.1) is 5.82 Å². The number of carbonyl (C=O) groups is 1. The number of halogens is 5. The van der Waals surface area contributed by atoms with Gasteiger partial charge in [-0.3, -0.25) is 4.79 Å². The SMILES string of the molecule is O=C(c1ccc(F)cc1Cl)N(CCBr)CC(F)F. The maximum atomic E-state index is 12.8. The molecule has 1 rings (SSSR count). The van der Waals surface area contributed by atoms with Crippen LogP contribution in [-0.4, -0.2) is 35.7 Å². The van der Waals surface area contributed by atoms with E-state index in [1.54, 1.807) is 0 Å². The summed E-state index contributed by atoms with van der Waals surface area (Å²) in [7, 11) is 0. The molecule has 0 aliphatic rings. The third kappa shape index (κ3) is 4.17. The van der Waals surface area contributed by atoms with Crippen molar-refractivity contribution in [3.8, 4) is 0 Å². The molecule has 0 aromatic heterocycles. The van der Waals surface area contributed by atoms with Crippen LogP contribution < -0.4 is 0 Å². The van der Waals surface area contributed by atoms with E-state index in [-0.39, 0.29) is 17.1 Å². The standard InChI is InChI=1S/C11H10BrClF3NO/c12-3-4-17(6-10(15)16)11(18)8-2-1-7(14)5-9(8)13/h1-2,5,10H,3-4,6H2. The maximum Gasteiger partial charge on any atom is 0.255 e. The van der Waals surface area contributed by atoms with Crippen molar-refractivity contribution in [1.82, 2.24) is 4.90 Å². The van der Waals surface area contributed by atoms with Gasteiger partial charge in [0.05, 0.1) is 17.1 Å². The summed E-state index contributed by atoms with van der Waals surface area (Å²) in [5.41, 5.74) is 0.0136. The van der Waals surface area contributed by atoms with Gasteiger partial charge in [0.2, 0.25) is 0 Å². The normalized spacial score (nSPS) is 10.8. The number of alkyl halides is 3. The van der Waals surface area contributed by atoms with Crippen LogP contribution in [0.4, 0.5) is 13.2 Å². The Morgan fingerprint density at radius 2 is 2.11 bits per heavy atom. The van der Waals surface area contributed by atoms with Gasteiger partial charge in [0, 0.05) is 11.9 Å². The molecule has 0 saturated heterocycles. The van der Waals surface area contributed by atoms with Crippen LogP contribution in [0.3, 0.4) is 0 Å². The van der Waals surface area contributed by atoms with E-state index in [4.69, 9.17) is 11.6 Å². The molecule has 0 fully saturated rings. The third-order valence-electron chi connectivity index (χ3n) is 2.16. The van der Waals surface area contributed by atoms with Gasteiger partial charge in [0.1, 0.15) is 5.82 Å². The van der Waals surface area contributed by atoms with Crippen LogP contribution in [0.25, 0.3) is 0 Å². The second kappa shape index (κ2) is 6.99. The lowest BCUT2D eigenvalue weighted by Crippen LogP contribution is -2.36. The van der Waals surface area contributed by atoms with E-state index in [9.17, 15) is 18.0 Å². The Morgan fingerprint density at radius 1 is 1.44 bits per heavy atom. The molecule has 1 amide bonds. The van der Waals surface area contributed by atoms with Crippen LogP contribution in [-0.2, 0) is 0 Å². The second-order valence-corrected chi connectivity index (χ2v) is 4.66. The minimum atomic E-state index is -2.63. The van der Waals surface area contributed by atoms with Gasteiger partial charge in [0.15, 0.2) is 0 Å². The lowest BCUT2D eigenvalue weighted by atomic mass is 10.2. The van der Waals surface area contributed by atoms with Crippen molar-refractivity contribution in [1.29, 1.82) is 0 Å². The molecule has 0 unspecified atom stereocenters. The van der Waals surface area contributed by atoms with Gasteiger partial charge in [-0.2, -0.15) is 0 Å². The monoisotopic (exact) mass is 343 g/mol. The molecule has 0 radical (unpaired) electrons. The third-order valence-corrected chi connectivity index (χ3v) is 2.83. The number of rotatable bonds is 5. The van der Waals surface area contributed by atoms with Crippen molar-refractivity contribution in [3.63, 3.8) is 0 Å². The Hall–Kier alpha value is -0.750. The molecular formula is C11H10BrClF3NO. The first-order valence-corrected chi connectivity index (χ1v) is 6.54. The predicted octanol–water partition coefficient (Wildman–Crippen LogP) is 3.58. The summed E-state index contributed by atoms with van der Waals surface area (Å²) in [5.74, 6) is -1.22. The minimum Gasteiger partial charge on any atom is -0.332 e. The highest BCUT2D eigenvalue weighted by atomic mass is 79.9.